The minimum absolute atomic E-state index is 0.328. The van der Waals surface area contributed by atoms with Crippen LogP contribution < -0.4 is 5.32 Å². The molecule has 1 unspecified atom stereocenters. The third kappa shape index (κ3) is 2.63. The van der Waals surface area contributed by atoms with Gasteiger partial charge >= 0.3 is 0 Å². The van der Waals surface area contributed by atoms with Crippen molar-refractivity contribution in [1.29, 1.82) is 0 Å². The zero-order valence-corrected chi connectivity index (χ0v) is 9.60. The molecule has 0 saturated heterocycles. The zero-order chi connectivity index (χ0) is 11.4. The number of nitrogens with one attached hydrogen (secondary N) is 1. The van der Waals surface area contributed by atoms with Crippen LogP contribution in [0.25, 0.3) is 0 Å². The summed E-state index contributed by atoms with van der Waals surface area (Å²) in [4.78, 5) is 4.11. The molecule has 0 aliphatic heterocycles. The summed E-state index contributed by atoms with van der Waals surface area (Å²) in [5.41, 5.74) is 2.29. The molecule has 3 nitrogen and oxygen atoms in total. The fourth-order valence-corrected chi connectivity index (χ4v) is 1.66. The highest BCUT2D eigenvalue weighted by molar-refractivity contribution is 5.48. The second kappa shape index (κ2) is 4.84. The molecule has 0 aromatic carbocycles. The first-order valence-electron chi connectivity index (χ1n) is 5.45. The monoisotopic (exact) mass is 216 g/mol. The molecule has 1 N–H and O–H groups in total. The number of anilines is 1. The van der Waals surface area contributed by atoms with E-state index in [9.17, 15) is 0 Å². The Labute approximate surface area is 95.5 Å². The number of furan rings is 1. The SMILES string of the molecule is Cc1ccncc1NC(C)Cc1ccco1. The van der Waals surface area contributed by atoms with Gasteiger partial charge in [0, 0.05) is 18.7 Å². The molecule has 0 saturated carbocycles. The average Bonchev–Trinajstić information content (AvgIpc) is 2.74. The van der Waals surface area contributed by atoms with Gasteiger partial charge < -0.3 is 9.73 Å². The summed E-state index contributed by atoms with van der Waals surface area (Å²) in [6.45, 7) is 4.21. The van der Waals surface area contributed by atoms with Crippen molar-refractivity contribution in [3.05, 3.63) is 48.2 Å². The van der Waals surface area contributed by atoms with Crippen LogP contribution in [0.3, 0.4) is 0 Å². The van der Waals surface area contributed by atoms with Crippen molar-refractivity contribution in [2.75, 3.05) is 5.32 Å². The fraction of sp³-hybridized carbons (Fsp3) is 0.308. The first kappa shape index (κ1) is 10.7. The van der Waals surface area contributed by atoms with E-state index in [4.69, 9.17) is 4.42 Å². The highest BCUT2D eigenvalue weighted by Gasteiger charge is 2.06. The van der Waals surface area contributed by atoms with E-state index in [0.29, 0.717) is 6.04 Å². The van der Waals surface area contributed by atoms with Gasteiger partial charge in [0.25, 0.3) is 0 Å². The Morgan fingerprint density at radius 3 is 3.00 bits per heavy atom. The molecule has 2 aromatic rings. The maximum atomic E-state index is 5.32. The third-order valence-corrected chi connectivity index (χ3v) is 2.53. The van der Waals surface area contributed by atoms with Crippen LogP contribution in [0.4, 0.5) is 5.69 Å². The lowest BCUT2D eigenvalue weighted by Crippen LogP contribution is -2.18. The molecule has 0 bridgehead atoms. The van der Waals surface area contributed by atoms with Crippen LogP contribution in [-0.2, 0) is 6.42 Å². The molecule has 2 heterocycles. The zero-order valence-electron chi connectivity index (χ0n) is 9.60. The van der Waals surface area contributed by atoms with Crippen molar-refractivity contribution in [3.63, 3.8) is 0 Å². The summed E-state index contributed by atoms with van der Waals surface area (Å²) >= 11 is 0. The maximum absolute atomic E-state index is 5.32. The minimum Gasteiger partial charge on any atom is -0.469 e. The van der Waals surface area contributed by atoms with E-state index >= 15 is 0 Å². The van der Waals surface area contributed by atoms with E-state index < -0.39 is 0 Å². The van der Waals surface area contributed by atoms with Gasteiger partial charge in [-0.05, 0) is 37.6 Å². The summed E-state index contributed by atoms with van der Waals surface area (Å²) in [6, 6.07) is 6.24. The van der Waals surface area contributed by atoms with Crippen molar-refractivity contribution < 1.29 is 4.42 Å². The standard InChI is InChI=1S/C13H16N2O/c1-10-5-6-14-9-13(10)15-11(2)8-12-4-3-7-16-12/h3-7,9,11,15H,8H2,1-2H3. The Hall–Kier alpha value is -1.77. The summed E-state index contributed by atoms with van der Waals surface area (Å²) < 4.78 is 5.32. The lowest BCUT2D eigenvalue weighted by molar-refractivity contribution is 0.497. The molecule has 0 amide bonds. The molecule has 0 spiro atoms. The van der Waals surface area contributed by atoms with Crippen LogP contribution in [0.15, 0.2) is 41.3 Å². The van der Waals surface area contributed by atoms with E-state index in [-0.39, 0.29) is 0 Å². The quantitative estimate of drug-likeness (QED) is 0.853. The molecule has 16 heavy (non-hydrogen) atoms. The fourth-order valence-electron chi connectivity index (χ4n) is 1.66. The molecular formula is C13H16N2O. The van der Waals surface area contributed by atoms with Crippen molar-refractivity contribution in [2.45, 2.75) is 26.3 Å². The third-order valence-electron chi connectivity index (χ3n) is 2.53. The van der Waals surface area contributed by atoms with Gasteiger partial charge in [-0.25, -0.2) is 0 Å². The molecule has 2 aromatic heterocycles. The van der Waals surface area contributed by atoms with Gasteiger partial charge in [-0.3, -0.25) is 4.98 Å². The van der Waals surface area contributed by atoms with E-state index in [1.165, 1.54) is 5.56 Å². The first-order chi connectivity index (χ1) is 7.75. The molecule has 1 atom stereocenters. The van der Waals surface area contributed by atoms with Crippen molar-refractivity contribution in [3.8, 4) is 0 Å². The average molecular weight is 216 g/mol. The summed E-state index contributed by atoms with van der Waals surface area (Å²) in [7, 11) is 0. The first-order valence-corrected chi connectivity index (χ1v) is 5.45. The van der Waals surface area contributed by atoms with Crippen LogP contribution >= 0.6 is 0 Å². The van der Waals surface area contributed by atoms with Crippen LogP contribution in [0, 0.1) is 6.92 Å². The summed E-state index contributed by atoms with van der Waals surface area (Å²) in [5.74, 6) is 1.00. The Morgan fingerprint density at radius 1 is 1.44 bits per heavy atom. The van der Waals surface area contributed by atoms with Gasteiger partial charge in [0.15, 0.2) is 0 Å². The van der Waals surface area contributed by atoms with E-state index in [1.807, 2.05) is 24.4 Å². The summed E-state index contributed by atoms with van der Waals surface area (Å²) in [6.07, 6.45) is 6.24. The molecular weight excluding hydrogens is 200 g/mol. The second-order valence-electron chi connectivity index (χ2n) is 4.02. The van der Waals surface area contributed by atoms with Crippen LogP contribution in [0.1, 0.15) is 18.2 Å². The van der Waals surface area contributed by atoms with Gasteiger partial charge in [0.05, 0.1) is 18.1 Å². The maximum Gasteiger partial charge on any atom is 0.105 e. The predicted molar refractivity (Wildman–Crippen MR) is 64.5 cm³/mol. The van der Waals surface area contributed by atoms with Crippen LogP contribution in [0.2, 0.25) is 0 Å². The van der Waals surface area contributed by atoms with Crippen LogP contribution in [-0.4, -0.2) is 11.0 Å². The number of nitrogens with zero attached hydrogens (tertiary/aromatic N) is 1. The number of hydrogen-bond donors (Lipinski definition) is 1. The van der Waals surface area contributed by atoms with E-state index in [2.05, 4.69) is 24.1 Å². The van der Waals surface area contributed by atoms with Gasteiger partial charge in [-0.1, -0.05) is 0 Å². The summed E-state index contributed by atoms with van der Waals surface area (Å²) in [5, 5.41) is 3.43. The smallest absolute Gasteiger partial charge is 0.105 e. The molecule has 0 aliphatic rings. The normalized spacial score (nSPS) is 12.4. The number of aromatic nitrogens is 1. The van der Waals surface area contributed by atoms with E-state index in [0.717, 1.165) is 17.9 Å². The lowest BCUT2D eigenvalue weighted by atomic mass is 10.1. The predicted octanol–water partition coefficient (Wildman–Crippen LogP) is 3.03. The van der Waals surface area contributed by atoms with Gasteiger partial charge in [0.2, 0.25) is 0 Å². The Kier molecular flexibility index (Phi) is 3.25. The molecule has 2 rings (SSSR count). The number of pyridine rings is 1. The topological polar surface area (TPSA) is 38.1 Å². The Morgan fingerprint density at radius 2 is 2.31 bits per heavy atom. The van der Waals surface area contributed by atoms with Gasteiger partial charge in [-0.2, -0.15) is 0 Å². The van der Waals surface area contributed by atoms with Crippen molar-refractivity contribution >= 4 is 5.69 Å². The Balaban J connectivity index is 1.97. The largest absolute Gasteiger partial charge is 0.469 e. The highest BCUT2D eigenvalue weighted by atomic mass is 16.3. The van der Waals surface area contributed by atoms with Crippen molar-refractivity contribution in [2.24, 2.45) is 0 Å². The van der Waals surface area contributed by atoms with Crippen LogP contribution in [0.5, 0.6) is 0 Å². The molecule has 84 valence electrons. The number of aryl methyl sites for hydroxylation is 1. The molecule has 0 fully saturated rings. The number of hydrogen-bond acceptors (Lipinski definition) is 3. The van der Waals surface area contributed by atoms with Gasteiger partial charge in [0.1, 0.15) is 5.76 Å². The highest BCUT2D eigenvalue weighted by Crippen LogP contribution is 2.14. The minimum atomic E-state index is 0.328. The van der Waals surface area contributed by atoms with Crippen molar-refractivity contribution in [1.82, 2.24) is 4.98 Å². The van der Waals surface area contributed by atoms with E-state index in [1.54, 1.807) is 12.5 Å². The Bertz CT molecular complexity index is 437. The lowest BCUT2D eigenvalue weighted by Gasteiger charge is -2.15. The molecule has 3 heteroatoms. The molecule has 0 aliphatic carbocycles. The van der Waals surface area contributed by atoms with Gasteiger partial charge in [-0.15, -0.1) is 0 Å². The molecule has 0 radical (unpaired) electrons. The number of rotatable bonds is 4. The second-order valence-corrected chi connectivity index (χ2v) is 4.02.